The zero-order valence-corrected chi connectivity index (χ0v) is 7.88. The Bertz CT molecular complexity index is 307. The van der Waals surface area contributed by atoms with E-state index in [9.17, 15) is 4.79 Å². The van der Waals surface area contributed by atoms with Gasteiger partial charge in [0.25, 0.3) is 0 Å². The van der Waals surface area contributed by atoms with Crippen LogP contribution in [-0.4, -0.2) is 17.5 Å². The molecular weight excluding hydrogens is 164 g/mol. The van der Waals surface area contributed by atoms with Crippen LogP contribution in [-0.2, 0) is 9.53 Å². The van der Waals surface area contributed by atoms with Crippen LogP contribution in [0, 0.1) is 5.41 Å². The van der Waals surface area contributed by atoms with Crippen molar-refractivity contribution in [2.75, 3.05) is 0 Å². The maximum absolute atomic E-state index is 11.9. The van der Waals surface area contributed by atoms with Gasteiger partial charge in [-0.25, -0.2) is 0 Å². The highest BCUT2D eigenvalue weighted by Gasteiger charge is 2.62. The molecule has 0 amide bonds. The van der Waals surface area contributed by atoms with Crippen LogP contribution in [0.5, 0.6) is 0 Å². The standard InChI is InChI=1S/C11H14O2/c1-10-7-8-4-6-11(10,13-8)5-2-3-9(10)12/h4,6,8H,2-3,5,7H2,1H3. The predicted molar refractivity (Wildman–Crippen MR) is 48.3 cm³/mol. The van der Waals surface area contributed by atoms with E-state index in [1.165, 1.54) is 0 Å². The first-order chi connectivity index (χ1) is 6.16. The summed E-state index contributed by atoms with van der Waals surface area (Å²) in [5.41, 5.74) is -0.419. The third-order valence-electron chi connectivity index (χ3n) is 4.05. The predicted octanol–water partition coefficient (Wildman–Crippen LogP) is 1.84. The first kappa shape index (κ1) is 7.74. The molecule has 0 N–H and O–H groups in total. The summed E-state index contributed by atoms with van der Waals surface area (Å²) in [6, 6.07) is 0. The zero-order valence-electron chi connectivity index (χ0n) is 7.88. The number of Topliss-reactive ketones (excluding diaryl/α,β-unsaturated/α-hetero) is 1. The topological polar surface area (TPSA) is 26.3 Å². The molecule has 1 saturated heterocycles. The minimum Gasteiger partial charge on any atom is -0.363 e. The van der Waals surface area contributed by atoms with Crippen LogP contribution in [0.1, 0.15) is 32.6 Å². The number of hydrogen-bond acceptors (Lipinski definition) is 2. The van der Waals surface area contributed by atoms with Gasteiger partial charge in [-0.1, -0.05) is 12.2 Å². The Hall–Kier alpha value is -0.630. The van der Waals surface area contributed by atoms with E-state index < -0.39 is 0 Å². The van der Waals surface area contributed by atoms with E-state index in [2.05, 4.69) is 19.1 Å². The summed E-state index contributed by atoms with van der Waals surface area (Å²) in [6.07, 6.45) is 8.16. The van der Waals surface area contributed by atoms with Gasteiger partial charge in [0.2, 0.25) is 0 Å². The molecule has 2 aliphatic heterocycles. The van der Waals surface area contributed by atoms with E-state index in [0.717, 1.165) is 25.7 Å². The first-order valence-electron chi connectivity index (χ1n) is 5.07. The Morgan fingerprint density at radius 2 is 2.46 bits per heavy atom. The highest BCUT2D eigenvalue weighted by molar-refractivity contribution is 5.88. The quantitative estimate of drug-likeness (QED) is 0.529. The number of carbonyl (C=O) groups is 1. The molecule has 70 valence electrons. The zero-order chi connectivity index (χ0) is 9.10. The number of ether oxygens (including phenoxy) is 1. The smallest absolute Gasteiger partial charge is 0.142 e. The van der Waals surface area contributed by atoms with Gasteiger partial charge in [0.1, 0.15) is 5.78 Å². The average Bonchev–Trinajstić information content (AvgIpc) is 2.59. The second kappa shape index (κ2) is 2.06. The molecule has 2 fully saturated rings. The van der Waals surface area contributed by atoms with Gasteiger partial charge in [0, 0.05) is 6.42 Å². The van der Waals surface area contributed by atoms with Crippen LogP contribution in [0.3, 0.4) is 0 Å². The second-order valence-corrected chi connectivity index (χ2v) is 4.72. The van der Waals surface area contributed by atoms with Gasteiger partial charge >= 0.3 is 0 Å². The molecule has 3 aliphatic rings. The maximum Gasteiger partial charge on any atom is 0.142 e. The lowest BCUT2D eigenvalue weighted by molar-refractivity contribution is -0.140. The molecule has 13 heavy (non-hydrogen) atoms. The molecule has 0 aromatic rings. The summed E-state index contributed by atoms with van der Waals surface area (Å²) >= 11 is 0. The van der Waals surface area contributed by atoms with Gasteiger partial charge in [-0.2, -0.15) is 0 Å². The van der Waals surface area contributed by atoms with Crippen molar-refractivity contribution in [3.63, 3.8) is 0 Å². The summed E-state index contributed by atoms with van der Waals surface area (Å²) in [7, 11) is 0. The van der Waals surface area contributed by atoms with Crippen molar-refractivity contribution >= 4 is 5.78 Å². The van der Waals surface area contributed by atoms with Crippen molar-refractivity contribution in [3.05, 3.63) is 12.2 Å². The number of carbonyl (C=O) groups excluding carboxylic acids is 1. The molecule has 3 atom stereocenters. The highest BCUT2D eigenvalue weighted by Crippen LogP contribution is 2.57. The minimum absolute atomic E-state index is 0.204. The van der Waals surface area contributed by atoms with Gasteiger partial charge in [-0.3, -0.25) is 4.79 Å². The van der Waals surface area contributed by atoms with Gasteiger partial charge in [-0.05, 0) is 26.2 Å². The molecule has 0 aromatic heterocycles. The minimum atomic E-state index is -0.215. The van der Waals surface area contributed by atoms with Crippen LogP contribution in [0.4, 0.5) is 0 Å². The van der Waals surface area contributed by atoms with Crippen molar-refractivity contribution in [1.29, 1.82) is 0 Å². The average molecular weight is 178 g/mol. The van der Waals surface area contributed by atoms with Gasteiger partial charge in [-0.15, -0.1) is 0 Å². The number of fused-ring (bicyclic) bond motifs is 1. The molecule has 1 aliphatic carbocycles. The van der Waals surface area contributed by atoms with Gasteiger partial charge in [0.05, 0.1) is 17.1 Å². The molecule has 0 radical (unpaired) electrons. The first-order valence-corrected chi connectivity index (χ1v) is 5.07. The van der Waals surface area contributed by atoms with E-state index in [0.29, 0.717) is 5.78 Å². The molecule has 1 spiro atoms. The Morgan fingerprint density at radius 3 is 3.15 bits per heavy atom. The lowest BCUT2D eigenvalue weighted by Crippen LogP contribution is -2.49. The highest BCUT2D eigenvalue weighted by atomic mass is 16.5. The molecule has 2 heteroatoms. The number of hydrogen-bond donors (Lipinski definition) is 0. The lowest BCUT2D eigenvalue weighted by atomic mass is 9.61. The molecule has 3 unspecified atom stereocenters. The fourth-order valence-electron chi connectivity index (χ4n) is 3.17. The maximum atomic E-state index is 11.9. The Kier molecular flexibility index (Phi) is 1.23. The molecule has 2 nitrogen and oxygen atoms in total. The Labute approximate surface area is 78.0 Å². The van der Waals surface area contributed by atoms with Crippen molar-refractivity contribution < 1.29 is 9.53 Å². The SMILES string of the molecule is CC12CC3C=CC1(CCCC2=O)O3. The fourth-order valence-corrected chi connectivity index (χ4v) is 3.17. The summed E-state index contributed by atoms with van der Waals surface area (Å²) in [5.74, 6) is 0.408. The number of rotatable bonds is 0. The fraction of sp³-hybridized carbons (Fsp3) is 0.727. The molecule has 3 rings (SSSR count). The summed E-state index contributed by atoms with van der Waals surface area (Å²) < 4.78 is 5.91. The van der Waals surface area contributed by atoms with E-state index in [1.54, 1.807) is 0 Å². The van der Waals surface area contributed by atoms with Crippen LogP contribution in [0.25, 0.3) is 0 Å². The van der Waals surface area contributed by atoms with Gasteiger partial charge < -0.3 is 4.74 Å². The van der Waals surface area contributed by atoms with Crippen LogP contribution < -0.4 is 0 Å². The summed E-state index contributed by atoms with van der Waals surface area (Å²) in [5, 5.41) is 0. The number of ketones is 1. The van der Waals surface area contributed by atoms with Crippen LogP contribution >= 0.6 is 0 Å². The van der Waals surface area contributed by atoms with E-state index in [1.807, 2.05) is 0 Å². The molecule has 1 saturated carbocycles. The molecule has 2 bridgehead atoms. The second-order valence-electron chi connectivity index (χ2n) is 4.72. The van der Waals surface area contributed by atoms with Crippen molar-refractivity contribution in [1.82, 2.24) is 0 Å². The third-order valence-corrected chi connectivity index (χ3v) is 4.05. The van der Waals surface area contributed by atoms with Crippen molar-refractivity contribution in [2.45, 2.75) is 44.3 Å². The molecule has 0 aromatic carbocycles. The normalized spacial score (nSPS) is 52.7. The third kappa shape index (κ3) is 0.715. The van der Waals surface area contributed by atoms with Crippen LogP contribution in [0.15, 0.2) is 12.2 Å². The summed E-state index contributed by atoms with van der Waals surface area (Å²) in [4.78, 5) is 11.9. The van der Waals surface area contributed by atoms with Crippen molar-refractivity contribution in [3.8, 4) is 0 Å². The van der Waals surface area contributed by atoms with E-state index in [-0.39, 0.29) is 17.1 Å². The summed E-state index contributed by atoms with van der Waals surface area (Å²) in [6.45, 7) is 2.08. The Morgan fingerprint density at radius 1 is 1.62 bits per heavy atom. The molecular formula is C11H14O2. The Balaban J connectivity index is 2.12. The lowest BCUT2D eigenvalue weighted by Gasteiger charge is -2.42. The largest absolute Gasteiger partial charge is 0.363 e. The van der Waals surface area contributed by atoms with Gasteiger partial charge in [0.15, 0.2) is 0 Å². The molecule has 2 heterocycles. The van der Waals surface area contributed by atoms with E-state index in [4.69, 9.17) is 4.74 Å². The monoisotopic (exact) mass is 178 g/mol. The van der Waals surface area contributed by atoms with Crippen LogP contribution in [0.2, 0.25) is 0 Å². The van der Waals surface area contributed by atoms with Crippen molar-refractivity contribution in [2.24, 2.45) is 5.41 Å². The van der Waals surface area contributed by atoms with E-state index >= 15 is 0 Å².